The summed E-state index contributed by atoms with van der Waals surface area (Å²) in [6.07, 6.45) is 5.35. The van der Waals surface area contributed by atoms with Gasteiger partial charge in [-0.2, -0.15) is 0 Å². The predicted molar refractivity (Wildman–Crippen MR) is 65.5 cm³/mol. The molecule has 82 valence electrons. The van der Waals surface area contributed by atoms with Crippen LogP contribution in [-0.2, 0) is 6.54 Å². The van der Waals surface area contributed by atoms with E-state index >= 15 is 0 Å². The number of pyridine rings is 2. The van der Waals surface area contributed by atoms with E-state index in [9.17, 15) is 0 Å². The van der Waals surface area contributed by atoms with Gasteiger partial charge in [-0.3, -0.25) is 4.98 Å². The van der Waals surface area contributed by atoms with Crippen LogP contribution in [0.5, 0.6) is 0 Å². The number of hydrogen-bond donors (Lipinski definition) is 1. The first-order valence-corrected chi connectivity index (χ1v) is 5.38. The van der Waals surface area contributed by atoms with Crippen LogP contribution >= 0.6 is 11.6 Å². The monoisotopic (exact) mass is 233 g/mol. The Kier molecular flexibility index (Phi) is 3.37. The van der Waals surface area contributed by atoms with Crippen LogP contribution in [0, 0.1) is 6.92 Å². The van der Waals surface area contributed by atoms with Gasteiger partial charge in [0.1, 0.15) is 5.15 Å². The van der Waals surface area contributed by atoms with Crippen LogP contribution in [0.3, 0.4) is 0 Å². The molecule has 0 fully saturated rings. The lowest BCUT2D eigenvalue weighted by Crippen LogP contribution is -2.01. The van der Waals surface area contributed by atoms with Gasteiger partial charge in [-0.05, 0) is 30.2 Å². The average molecular weight is 234 g/mol. The molecular formula is C12H12ClN3. The third-order valence-corrected chi connectivity index (χ3v) is 2.49. The van der Waals surface area contributed by atoms with Crippen LogP contribution in [0.1, 0.15) is 11.1 Å². The Balaban J connectivity index is 2.05. The zero-order valence-electron chi connectivity index (χ0n) is 8.94. The summed E-state index contributed by atoms with van der Waals surface area (Å²) in [5.74, 6) is 0. The lowest BCUT2D eigenvalue weighted by atomic mass is 10.2. The predicted octanol–water partition coefficient (Wildman–Crippen LogP) is 3.05. The summed E-state index contributed by atoms with van der Waals surface area (Å²) in [6, 6.07) is 5.79. The van der Waals surface area contributed by atoms with E-state index in [-0.39, 0.29) is 0 Å². The topological polar surface area (TPSA) is 37.8 Å². The summed E-state index contributed by atoms with van der Waals surface area (Å²) >= 11 is 5.79. The minimum Gasteiger partial charge on any atom is -0.379 e. The van der Waals surface area contributed by atoms with Crippen LogP contribution < -0.4 is 5.32 Å². The Morgan fingerprint density at radius 1 is 1.38 bits per heavy atom. The summed E-state index contributed by atoms with van der Waals surface area (Å²) in [7, 11) is 0. The van der Waals surface area contributed by atoms with Crippen LogP contribution in [0.15, 0.2) is 36.8 Å². The first-order chi connectivity index (χ1) is 7.75. The van der Waals surface area contributed by atoms with Gasteiger partial charge >= 0.3 is 0 Å². The molecule has 0 bridgehead atoms. The smallest absolute Gasteiger partial charge is 0.129 e. The van der Waals surface area contributed by atoms with E-state index in [1.165, 1.54) is 0 Å². The van der Waals surface area contributed by atoms with Crippen molar-refractivity contribution >= 4 is 17.3 Å². The van der Waals surface area contributed by atoms with E-state index in [1.54, 1.807) is 12.4 Å². The number of aromatic nitrogens is 2. The zero-order valence-corrected chi connectivity index (χ0v) is 9.70. The van der Waals surface area contributed by atoms with E-state index in [0.29, 0.717) is 5.15 Å². The maximum Gasteiger partial charge on any atom is 0.129 e. The van der Waals surface area contributed by atoms with Gasteiger partial charge in [0.05, 0.1) is 11.9 Å². The quantitative estimate of drug-likeness (QED) is 0.828. The van der Waals surface area contributed by atoms with Crippen molar-refractivity contribution in [2.24, 2.45) is 0 Å². The van der Waals surface area contributed by atoms with Crippen molar-refractivity contribution in [3.63, 3.8) is 0 Å². The number of hydrogen-bond acceptors (Lipinski definition) is 3. The fourth-order valence-corrected chi connectivity index (χ4v) is 1.62. The van der Waals surface area contributed by atoms with Gasteiger partial charge in [0.15, 0.2) is 0 Å². The maximum atomic E-state index is 5.79. The number of nitrogens with zero attached hydrogens (tertiary/aromatic N) is 2. The zero-order chi connectivity index (χ0) is 11.4. The highest BCUT2D eigenvalue weighted by atomic mass is 35.5. The Hall–Kier alpha value is -1.61. The lowest BCUT2D eigenvalue weighted by molar-refractivity contribution is 1.10. The Morgan fingerprint density at radius 2 is 2.25 bits per heavy atom. The molecule has 2 rings (SSSR count). The minimum atomic E-state index is 0.518. The molecule has 2 heterocycles. The van der Waals surface area contributed by atoms with Crippen molar-refractivity contribution in [3.05, 3.63) is 53.1 Å². The van der Waals surface area contributed by atoms with E-state index in [1.807, 2.05) is 31.3 Å². The molecule has 0 aromatic carbocycles. The van der Waals surface area contributed by atoms with E-state index in [4.69, 9.17) is 11.6 Å². The number of anilines is 1. The Bertz CT molecular complexity index is 471. The van der Waals surface area contributed by atoms with Gasteiger partial charge in [0.2, 0.25) is 0 Å². The van der Waals surface area contributed by atoms with Crippen molar-refractivity contribution in [3.8, 4) is 0 Å². The number of rotatable bonds is 3. The highest BCUT2D eigenvalue weighted by molar-refractivity contribution is 6.29. The Labute approximate surface area is 99.5 Å². The molecule has 0 aliphatic rings. The molecule has 0 aliphatic heterocycles. The summed E-state index contributed by atoms with van der Waals surface area (Å²) in [4.78, 5) is 8.10. The normalized spacial score (nSPS) is 10.1. The van der Waals surface area contributed by atoms with Crippen molar-refractivity contribution < 1.29 is 0 Å². The highest BCUT2D eigenvalue weighted by Crippen LogP contribution is 2.17. The van der Waals surface area contributed by atoms with Gasteiger partial charge in [0, 0.05) is 18.9 Å². The molecule has 0 aliphatic carbocycles. The second kappa shape index (κ2) is 4.94. The molecule has 0 amide bonds. The fraction of sp³-hybridized carbons (Fsp3) is 0.167. The van der Waals surface area contributed by atoms with Gasteiger partial charge in [-0.15, -0.1) is 0 Å². The summed E-state index contributed by atoms with van der Waals surface area (Å²) in [6.45, 7) is 2.73. The molecule has 0 saturated carbocycles. The number of halogens is 1. The van der Waals surface area contributed by atoms with Crippen molar-refractivity contribution in [1.29, 1.82) is 0 Å². The van der Waals surface area contributed by atoms with E-state index in [2.05, 4.69) is 15.3 Å². The molecule has 0 radical (unpaired) electrons. The second-order valence-corrected chi connectivity index (χ2v) is 3.92. The Morgan fingerprint density at radius 3 is 2.94 bits per heavy atom. The molecular weight excluding hydrogens is 222 g/mol. The third-order valence-electron chi connectivity index (χ3n) is 2.28. The van der Waals surface area contributed by atoms with Gasteiger partial charge < -0.3 is 5.32 Å². The molecule has 4 heteroatoms. The fourth-order valence-electron chi connectivity index (χ4n) is 1.41. The number of aryl methyl sites for hydroxylation is 1. The average Bonchev–Trinajstić information content (AvgIpc) is 2.29. The first kappa shape index (κ1) is 10.9. The molecule has 0 unspecified atom stereocenters. The van der Waals surface area contributed by atoms with Gasteiger partial charge in [-0.1, -0.05) is 17.7 Å². The van der Waals surface area contributed by atoms with Crippen molar-refractivity contribution in [2.45, 2.75) is 13.5 Å². The molecule has 0 atom stereocenters. The first-order valence-electron chi connectivity index (χ1n) is 5.00. The van der Waals surface area contributed by atoms with Crippen molar-refractivity contribution in [1.82, 2.24) is 9.97 Å². The number of nitrogens with one attached hydrogen (secondary N) is 1. The molecule has 1 N–H and O–H groups in total. The van der Waals surface area contributed by atoms with Gasteiger partial charge in [0.25, 0.3) is 0 Å². The van der Waals surface area contributed by atoms with Crippen LogP contribution in [0.4, 0.5) is 5.69 Å². The van der Waals surface area contributed by atoms with Crippen LogP contribution in [0.2, 0.25) is 5.15 Å². The molecule has 16 heavy (non-hydrogen) atoms. The van der Waals surface area contributed by atoms with E-state index in [0.717, 1.165) is 23.4 Å². The molecule has 2 aromatic rings. The summed E-state index contributed by atoms with van der Waals surface area (Å²) in [5.41, 5.74) is 3.22. The maximum absolute atomic E-state index is 5.79. The second-order valence-electron chi connectivity index (χ2n) is 3.54. The molecule has 2 aromatic heterocycles. The summed E-state index contributed by atoms with van der Waals surface area (Å²) < 4.78 is 0. The molecule has 0 spiro atoms. The SMILES string of the molecule is Cc1cc(Cl)ncc1NCc1cccnc1. The minimum absolute atomic E-state index is 0.518. The van der Waals surface area contributed by atoms with Crippen LogP contribution in [0.25, 0.3) is 0 Å². The largest absolute Gasteiger partial charge is 0.379 e. The van der Waals surface area contributed by atoms with E-state index < -0.39 is 0 Å². The molecule has 0 saturated heterocycles. The summed E-state index contributed by atoms with van der Waals surface area (Å²) in [5, 5.41) is 3.81. The third kappa shape index (κ3) is 2.70. The van der Waals surface area contributed by atoms with Crippen LogP contribution in [-0.4, -0.2) is 9.97 Å². The van der Waals surface area contributed by atoms with Gasteiger partial charge in [-0.25, -0.2) is 4.98 Å². The highest BCUT2D eigenvalue weighted by Gasteiger charge is 1.99. The molecule has 3 nitrogen and oxygen atoms in total. The van der Waals surface area contributed by atoms with Crippen molar-refractivity contribution in [2.75, 3.05) is 5.32 Å². The lowest BCUT2D eigenvalue weighted by Gasteiger charge is -2.08. The standard InChI is InChI=1S/C12H12ClN3/c1-9-5-12(13)16-8-11(9)15-7-10-3-2-4-14-6-10/h2-6,8,15H,7H2,1H3.